The minimum atomic E-state index is -1.23. The van der Waals surface area contributed by atoms with Crippen LogP contribution in [0.2, 0.25) is 39.3 Å². The van der Waals surface area contributed by atoms with Gasteiger partial charge in [0, 0.05) is 6.10 Å². The van der Waals surface area contributed by atoms with E-state index in [2.05, 4.69) is 39.3 Å². The molecule has 82 valence electrons. The molecule has 0 spiro atoms. The predicted molar refractivity (Wildman–Crippen MR) is 65.1 cm³/mol. The summed E-state index contributed by atoms with van der Waals surface area (Å²) >= 11 is 0. The first kappa shape index (κ1) is 15.8. The van der Waals surface area contributed by atoms with E-state index in [9.17, 15) is 0 Å². The summed E-state index contributed by atoms with van der Waals surface area (Å²) in [4.78, 5) is 0. The summed E-state index contributed by atoms with van der Waals surface area (Å²) in [5.74, 6) is 0. The molecule has 0 rings (SSSR count). The molecule has 0 aromatic heterocycles. The normalized spacial score (nSPS) is 12.5. The van der Waals surface area contributed by atoms with Gasteiger partial charge in [-0.25, -0.2) is 0 Å². The van der Waals surface area contributed by atoms with Crippen LogP contribution in [0.4, 0.5) is 0 Å². The highest BCUT2D eigenvalue weighted by Crippen LogP contribution is 2.12. The van der Waals surface area contributed by atoms with Crippen molar-refractivity contribution in [3.63, 3.8) is 0 Å². The third-order valence-electron chi connectivity index (χ3n) is 0.612. The predicted octanol–water partition coefficient (Wildman–Crippen LogP) is 3.06. The first-order valence-corrected chi connectivity index (χ1v) is 11.6. The Labute approximate surface area is 85.6 Å². The Kier molecular flexibility index (Phi) is 7.24. The van der Waals surface area contributed by atoms with Crippen molar-refractivity contribution in [1.29, 1.82) is 0 Å². The summed E-state index contributed by atoms with van der Waals surface area (Å²) in [6.07, 6.45) is -0.167. The molecule has 0 aliphatic heterocycles. The van der Waals surface area contributed by atoms with Gasteiger partial charge in [-0.1, -0.05) is 0 Å². The summed E-state index contributed by atoms with van der Waals surface area (Å²) in [5.41, 5.74) is 0. The van der Waals surface area contributed by atoms with Crippen LogP contribution in [0.15, 0.2) is 0 Å². The second-order valence-corrected chi connectivity index (χ2v) is 14.7. The first-order chi connectivity index (χ1) is 5.44. The highest BCUT2D eigenvalue weighted by Gasteiger charge is 2.24. The van der Waals surface area contributed by atoms with Crippen LogP contribution in [0, 0.1) is 0 Å². The van der Waals surface area contributed by atoms with Gasteiger partial charge in [0.25, 0.3) is 0 Å². The lowest BCUT2D eigenvalue weighted by molar-refractivity contribution is 0.216. The minimum absolute atomic E-state index is 0.167. The van der Waals surface area contributed by atoms with Gasteiger partial charge in [0.05, 0.1) is 0 Å². The molecule has 0 aliphatic carbocycles. The van der Waals surface area contributed by atoms with Crippen LogP contribution >= 0.6 is 0 Å². The average Bonchev–Trinajstić information content (AvgIpc) is 1.47. The lowest BCUT2D eigenvalue weighted by atomic mass is 10.5. The van der Waals surface area contributed by atoms with E-state index in [4.69, 9.17) is 9.22 Å². The van der Waals surface area contributed by atoms with Gasteiger partial charge >= 0.3 is 0 Å². The summed E-state index contributed by atoms with van der Waals surface area (Å²) < 4.78 is 5.90. The second-order valence-electron chi connectivity index (χ2n) is 5.42. The summed E-state index contributed by atoms with van der Waals surface area (Å²) in [6.45, 7) is 16.9. The van der Waals surface area contributed by atoms with Crippen LogP contribution in [-0.4, -0.2) is 27.8 Å². The fourth-order valence-corrected chi connectivity index (χ4v) is 8.27. The van der Waals surface area contributed by atoms with Crippen molar-refractivity contribution in [3.05, 3.63) is 0 Å². The number of hydrogen-bond donors (Lipinski definition) is 1. The van der Waals surface area contributed by atoms with Crippen LogP contribution in [0.5, 0.6) is 0 Å². The standard InChI is InChI=1S/C6H18OSi2.C3H8O/c1-8(2,3)7-9(4,5)6;1-3(2)4/h1-6H3;3-4H,1-2H3. The van der Waals surface area contributed by atoms with Crippen molar-refractivity contribution < 1.29 is 9.22 Å². The van der Waals surface area contributed by atoms with Gasteiger partial charge in [0.2, 0.25) is 0 Å². The maximum atomic E-state index is 8.06. The maximum Gasteiger partial charge on any atom is 0.170 e. The van der Waals surface area contributed by atoms with Crippen molar-refractivity contribution >= 4 is 16.6 Å². The van der Waals surface area contributed by atoms with Gasteiger partial charge < -0.3 is 9.22 Å². The smallest absolute Gasteiger partial charge is 0.170 e. The molecule has 0 bridgehead atoms. The Hall–Kier alpha value is 0.354. The van der Waals surface area contributed by atoms with Gasteiger partial charge in [-0.2, -0.15) is 0 Å². The quantitative estimate of drug-likeness (QED) is 0.728. The van der Waals surface area contributed by atoms with Crippen LogP contribution in [0.25, 0.3) is 0 Å². The molecule has 2 nitrogen and oxygen atoms in total. The molecule has 1 N–H and O–H groups in total. The van der Waals surface area contributed by atoms with E-state index >= 15 is 0 Å². The van der Waals surface area contributed by atoms with Crippen molar-refractivity contribution in [2.75, 3.05) is 0 Å². The van der Waals surface area contributed by atoms with Crippen molar-refractivity contribution in [3.8, 4) is 0 Å². The maximum absolute atomic E-state index is 8.06. The third-order valence-corrected chi connectivity index (χ3v) is 5.51. The molecule has 0 saturated carbocycles. The molecule has 0 aliphatic rings. The Morgan fingerprint density at radius 2 is 1.00 bits per heavy atom. The molecule has 0 aromatic rings. The molecule has 13 heavy (non-hydrogen) atoms. The Morgan fingerprint density at radius 1 is 0.846 bits per heavy atom. The lowest BCUT2D eigenvalue weighted by Gasteiger charge is -2.27. The number of rotatable bonds is 2. The second kappa shape index (κ2) is 5.95. The van der Waals surface area contributed by atoms with Crippen LogP contribution in [-0.2, 0) is 4.12 Å². The average molecular weight is 222 g/mol. The first-order valence-electron chi connectivity index (χ1n) is 4.82. The lowest BCUT2D eigenvalue weighted by Crippen LogP contribution is -2.39. The molecule has 0 atom stereocenters. The Balaban J connectivity index is 0. The highest BCUT2D eigenvalue weighted by molar-refractivity contribution is 6.83. The Bertz CT molecular complexity index is 108. The molecule has 0 unspecified atom stereocenters. The third kappa shape index (κ3) is 32.8. The molecular weight excluding hydrogens is 196 g/mol. The van der Waals surface area contributed by atoms with E-state index in [0.29, 0.717) is 0 Å². The number of aliphatic hydroxyl groups excluding tert-OH is 1. The van der Waals surface area contributed by atoms with E-state index in [1.165, 1.54) is 0 Å². The van der Waals surface area contributed by atoms with E-state index in [1.54, 1.807) is 13.8 Å². The van der Waals surface area contributed by atoms with Gasteiger partial charge in [-0.15, -0.1) is 0 Å². The summed E-state index contributed by atoms with van der Waals surface area (Å²) in [6, 6.07) is 0. The molecule has 0 saturated heterocycles. The molecule has 0 radical (unpaired) electrons. The number of hydrogen-bond acceptors (Lipinski definition) is 2. The monoisotopic (exact) mass is 222 g/mol. The van der Waals surface area contributed by atoms with E-state index in [-0.39, 0.29) is 6.10 Å². The zero-order valence-electron chi connectivity index (χ0n) is 10.4. The SMILES string of the molecule is CC(C)O.C[Si](C)(C)O[Si](C)(C)C. The van der Waals surface area contributed by atoms with E-state index in [0.717, 1.165) is 0 Å². The van der Waals surface area contributed by atoms with Crippen molar-refractivity contribution in [2.24, 2.45) is 0 Å². The van der Waals surface area contributed by atoms with Crippen LogP contribution < -0.4 is 0 Å². The van der Waals surface area contributed by atoms with Crippen LogP contribution in [0.3, 0.4) is 0 Å². The van der Waals surface area contributed by atoms with Gasteiger partial charge in [0.15, 0.2) is 16.6 Å². The van der Waals surface area contributed by atoms with E-state index in [1.807, 2.05) is 0 Å². The van der Waals surface area contributed by atoms with Crippen molar-refractivity contribution in [2.45, 2.75) is 59.2 Å². The van der Waals surface area contributed by atoms with Crippen LogP contribution in [0.1, 0.15) is 13.8 Å². The van der Waals surface area contributed by atoms with Gasteiger partial charge in [-0.3, -0.25) is 0 Å². The molecule has 0 heterocycles. The van der Waals surface area contributed by atoms with Crippen molar-refractivity contribution in [1.82, 2.24) is 0 Å². The minimum Gasteiger partial charge on any atom is -0.456 e. The number of aliphatic hydroxyl groups is 1. The molecular formula is C9H26O2Si2. The fraction of sp³-hybridized carbons (Fsp3) is 1.00. The zero-order valence-corrected chi connectivity index (χ0v) is 12.4. The summed E-state index contributed by atoms with van der Waals surface area (Å²) in [5, 5.41) is 8.06. The highest BCUT2D eigenvalue weighted by atomic mass is 28.4. The Morgan fingerprint density at radius 3 is 1.00 bits per heavy atom. The van der Waals surface area contributed by atoms with Gasteiger partial charge in [0.1, 0.15) is 0 Å². The molecule has 0 fully saturated rings. The zero-order chi connectivity index (χ0) is 11.3. The summed E-state index contributed by atoms with van der Waals surface area (Å²) in [7, 11) is -2.46. The fourth-order valence-electron chi connectivity index (χ4n) is 0.919. The van der Waals surface area contributed by atoms with E-state index < -0.39 is 16.6 Å². The molecule has 0 amide bonds. The molecule has 0 aromatic carbocycles. The largest absolute Gasteiger partial charge is 0.456 e. The van der Waals surface area contributed by atoms with Gasteiger partial charge in [-0.05, 0) is 53.1 Å². The molecule has 4 heteroatoms. The topological polar surface area (TPSA) is 29.5 Å².